The third-order valence-corrected chi connectivity index (χ3v) is 25.6. The van der Waals surface area contributed by atoms with E-state index in [1.807, 2.05) is 0 Å². The second-order valence-corrected chi connectivity index (χ2v) is 28.3. The topological polar surface area (TPSA) is 167 Å². The number of carbonyl (C=O) groups excluding carboxylic acids is 6. The van der Waals surface area contributed by atoms with Crippen LogP contribution in [0.1, 0.15) is 140 Å². The lowest BCUT2D eigenvalue weighted by atomic mass is 9.69. The molecule has 10 saturated carbocycles. The van der Waals surface area contributed by atoms with E-state index in [-0.39, 0.29) is 107 Å². The van der Waals surface area contributed by atoms with E-state index in [4.69, 9.17) is 33.2 Å². The molecule has 0 aromatic heterocycles. The van der Waals surface area contributed by atoms with Gasteiger partial charge in [0.25, 0.3) is 0 Å². The molecule has 0 N–H and O–H groups in total. The first-order valence-electron chi connectivity index (χ1n) is 28.4. The van der Waals surface area contributed by atoms with E-state index in [9.17, 15) is 28.8 Å². The Kier molecular flexibility index (Phi) is 10.3. The Morgan fingerprint density at radius 2 is 1.10 bits per heavy atom. The number of hydrogen-bond acceptors (Lipinski definition) is 13. The molecule has 0 spiro atoms. The zero-order valence-electron chi connectivity index (χ0n) is 44.0. The summed E-state index contributed by atoms with van der Waals surface area (Å²) in [5, 5.41) is 0. The maximum Gasteiger partial charge on any atom is 0.312 e. The third kappa shape index (κ3) is 6.25. The van der Waals surface area contributed by atoms with Gasteiger partial charge < -0.3 is 33.2 Å². The molecule has 30 atom stereocenters. The Balaban J connectivity index is 0.0000000832. The van der Waals surface area contributed by atoms with Crippen LogP contribution in [0.4, 0.5) is 0 Å². The predicted molar refractivity (Wildman–Crippen MR) is 253 cm³/mol. The van der Waals surface area contributed by atoms with Crippen LogP contribution in [0.15, 0.2) is 0 Å². The standard InChI is InChI=1S/C11H16O2.3C10H14O2.C9H12O2.C8H10O3/c1-5-7-4-6-8(11(7,2)3)9(5)13-10(6)12;1-5-8-6-3-10(5,2)4-7(6)9(11)12-8;1-5-6-3-7-8(4-6)12-9(11)10(5,7)2;1-5-6-3-7-8(4-6)10(5,2)12-9(7)11;1-4-5-2-6-7(3-5)11-9(10)8(4)6;1-3-5-2-4-7(10-5)6(3)11-8(4)9/h5-9H,4H2,1-3H3;3*5-8H,3-4H2,1-2H3;4-8H,2-3H2,1H3;3-7H,2H2,1H3. The molecule has 8 heterocycles. The van der Waals surface area contributed by atoms with Gasteiger partial charge in [-0.05, 0) is 142 Å². The molecular weight excluding hydrogens is 905 g/mol. The maximum absolute atomic E-state index is 11.6. The fourth-order valence-corrected chi connectivity index (χ4v) is 20.9. The van der Waals surface area contributed by atoms with E-state index in [2.05, 4.69) is 76.2 Å². The first-order chi connectivity index (χ1) is 33.5. The SMILES string of the molecule is CC1C2CC3C(=O)OC1(C)C3C2.CC1C2CC3C(=O)OC1C3O2.CC1C2CC3OC(=O)C1(C)C3C2.CC1C2CC3OC(=O)C1C3C2.CC1C2OC(=O)C3CC1(C)CC32.CC1C2OC(=O)C3CC1C(C)(C)C32. The van der Waals surface area contributed by atoms with Crippen LogP contribution < -0.4 is 0 Å². The predicted octanol–water partition coefficient (Wildman–Crippen LogP) is 8.16. The molecule has 8 saturated heterocycles. The molecule has 10 aliphatic carbocycles. The molecule has 13 heteroatoms. The first-order valence-corrected chi connectivity index (χ1v) is 28.4. The molecule has 8 aliphatic heterocycles. The smallest absolute Gasteiger partial charge is 0.312 e. The molecule has 18 fully saturated rings. The summed E-state index contributed by atoms with van der Waals surface area (Å²) in [7, 11) is 0. The minimum absolute atomic E-state index is 0.0353. The molecular formula is C58H80O13. The summed E-state index contributed by atoms with van der Waals surface area (Å²) < 4.78 is 37.8. The quantitative estimate of drug-likeness (QED) is 0.169. The van der Waals surface area contributed by atoms with Crippen molar-refractivity contribution < 1.29 is 61.9 Å². The van der Waals surface area contributed by atoms with Crippen molar-refractivity contribution in [2.45, 2.75) is 189 Å². The number of hydrogen-bond donors (Lipinski definition) is 0. The van der Waals surface area contributed by atoms with Crippen LogP contribution in [0.5, 0.6) is 0 Å². The monoisotopic (exact) mass is 985 g/mol. The van der Waals surface area contributed by atoms with Crippen LogP contribution in [-0.4, -0.2) is 84.1 Å². The minimum atomic E-state index is -0.117. The normalized spacial score (nSPS) is 59.3. The van der Waals surface area contributed by atoms with Crippen LogP contribution in [-0.2, 0) is 61.9 Å². The van der Waals surface area contributed by atoms with Gasteiger partial charge in [0.1, 0.15) is 42.2 Å². The number of fused-ring (bicyclic) bond motifs is 6. The molecule has 12 bridgehead atoms. The highest BCUT2D eigenvalue weighted by Gasteiger charge is 2.71. The molecule has 0 amide bonds. The van der Waals surface area contributed by atoms with Gasteiger partial charge in [0.05, 0.1) is 41.1 Å². The Hall–Kier alpha value is -3.22. The number of esters is 6. The molecule has 0 aromatic carbocycles. The Morgan fingerprint density at radius 3 is 1.69 bits per heavy atom. The summed E-state index contributed by atoms with van der Waals surface area (Å²) in [6, 6.07) is 0. The van der Waals surface area contributed by atoms with Crippen molar-refractivity contribution in [3.05, 3.63) is 0 Å². The number of carbonyl (C=O) groups is 6. The highest BCUT2D eigenvalue weighted by molar-refractivity contribution is 5.81. The van der Waals surface area contributed by atoms with Crippen molar-refractivity contribution in [2.24, 2.45) is 135 Å². The number of rotatable bonds is 0. The lowest BCUT2D eigenvalue weighted by Crippen LogP contribution is -2.37. The molecule has 18 rings (SSSR count). The van der Waals surface area contributed by atoms with Gasteiger partial charge in [-0.1, -0.05) is 62.3 Å². The van der Waals surface area contributed by atoms with Gasteiger partial charge in [-0.15, -0.1) is 0 Å². The van der Waals surface area contributed by atoms with Crippen LogP contribution >= 0.6 is 0 Å². The highest BCUT2D eigenvalue weighted by atomic mass is 16.6. The van der Waals surface area contributed by atoms with Gasteiger partial charge >= 0.3 is 35.8 Å². The maximum atomic E-state index is 11.6. The van der Waals surface area contributed by atoms with Crippen molar-refractivity contribution in [3.63, 3.8) is 0 Å². The Labute approximate surface area is 419 Å². The van der Waals surface area contributed by atoms with Crippen molar-refractivity contribution >= 4 is 35.8 Å². The average Bonchev–Trinajstić information content (AvgIpc) is 4.13. The van der Waals surface area contributed by atoms with Gasteiger partial charge in [-0.3, -0.25) is 28.8 Å². The second-order valence-electron chi connectivity index (χ2n) is 28.3. The van der Waals surface area contributed by atoms with Crippen LogP contribution in [0.2, 0.25) is 0 Å². The van der Waals surface area contributed by atoms with E-state index in [0.717, 1.165) is 56.3 Å². The Bertz CT molecular complexity index is 2320. The van der Waals surface area contributed by atoms with E-state index in [0.29, 0.717) is 94.1 Å². The largest absolute Gasteiger partial charge is 0.462 e. The highest BCUT2D eigenvalue weighted by Crippen LogP contribution is 2.68. The van der Waals surface area contributed by atoms with Crippen molar-refractivity contribution in [1.82, 2.24) is 0 Å². The van der Waals surface area contributed by atoms with Crippen LogP contribution in [0.3, 0.4) is 0 Å². The average molecular weight is 985 g/mol. The lowest BCUT2D eigenvalue weighted by molar-refractivity contribution is -0.151. The van der Waals surface area contributed by atoms with Gasteiger partial charge in [0, 0.05) is 35.5 Å². The second kappa shape index (κ2) is 15.4. The zero-order valence-corrected chi connectivity index (χ0v) is 44.0. The van der Waals surface area contributed by atoms with E-state index >= 15 is 0 Å². The summed E-state index contributed by atoms with van der Waals surface area (Å²) in [5.74, 6) is 10.6. The summed E-state index contributed by atoms with van der Waals surface area (Å²) in [6.45, 7) is 24.4. The minimum Gasteiger partial charge on any atom is -0.462 e. The van der Waals surface area contributed by atoms with Gasteiger partial charge in [-0.2, -0.15) is 0 Å². The molecule has 13 nitrogen and oxygen atoms in total. The van der Waals surface area contributed by atoms with E-state index < -0.39 is 0 Å². The summed E-state index contributed by atoms with van der Waals surface area (Å²) >= 11 is 0. The van der Waals surface area contributed by atoms with Crippen LogP contribution in [0.25, 0.3) is 0 Å². The molecule has 0 radical (unpaired) electrons. The molecule has 30 unspecified atom stereocenters. The summed E-state index contributed by atoms with van der Waals surface area (Å²) in [6.07, 6.45) is 12.9. The number of ether oxygens (including phenoxy) is 7. The van der Waals surface area contributed by atoms with Gasteiger partial charge in [-0.25, -0.2) is 0 Å². The van der Waals surface area contributed by atoms with Crippen molar-refractivity contribution in [1.29, 1.82) is 0 Å². The van der Waals surface area contributed by atoms with Crippen LogP contribution in [0, 0.1) is 135 Å². The molecule has 18 aliphatic rings. The molecule has 71 heavy (non-hydrogen) atoms. The molecule has 390 valence electrons. The van der Waals surface area contributed by atoms with E-state index in [1.54, 1.807) is 0 Å². The third-order valence-electron chi connectivity index (χ3n) is 25.6. The van der Waals surface area contributed by atoms with Gasteiger partial charge in [0.15, 0.2) is 0 Å². The Morgan fingerprint density at radius 1 is 0.437 bits per heavy atom. The summed E-state index contributed by atoms with van der Waals surface area (Å²) in [4.78, 5) is 68.3. The van der Waals surface area contributed by atoms with Crippen molar-refractivity contribution in [2.75, 3.05) is 0 Å². The fourth-order valence-electron chi connectivity index (χ4n) is 20.9. The zero-order chi connectivity index (χ0) is 50.1. The van der Waals surface area contributed by atoms with E-state index in [1.165, 1.54) is 25.7 Å². The van der Waals surface area contributed by atoms with Crippen molar-refractivity contribution in [3.8, 4) is 0 Å². The fraction of sp³-hybridized carbons (Fsp3) is 0.897. The lowest BCUT2D eigenvalue weighted by Gasteiger charge is -2.32. The molecule has 0 aromatic rings. The summed E-state index contributed by atoms with van der Waals surface area (Å²) in [5.41, 5.74) is 0.533. The first kappa shape index (κ1) is 47.5. The van der Waals surface area contributed by atoms with Gasteiger partial charge in [0.2, 0.25) is 0 Å².